The second-order valence-electron chi connectivity index (χ2n) is 6.31. The van der Waals surface area contributed by atoms with Crippen molar-refractivity contribution in [2.24, 2.45) is 22.4 Å². The first-order valence-corrected chi connectivity index (χ1v) is 8.24. The number of epoxide rings is 1. The van der Waals surface area contributed by atoms with E-state index in [0.717, 1.165) is 6.42 Å². The summed E-state index contributed by atoms with van der Waals surface area (Å²) in [7, 11) is 0. The Morgan fingerprint density at radius 2 is 1.88 bits per heavy atom. The summed E-state index contributed by atoms with van der Waals surface area (Å²) < 4.78 is 4.79. The number of guanidine groups is 1. The molecule has 0 aromatic rings. The van der Waals surface area contributed by atoms with Gasteiger partial charge in [-0.25, -0.2) is 4.79 Å². The second kappa shape index (κ2) is 9.82. The molecule has 25 heavy (non-hydrogen) atoms. The summed E-state index contributed by atoms with van der Waals surface area (Å²) in [6, 6.07) is -0.733. The molecule has 2 amide bonds. The predicted octanol–water partition coefficient (Wildman–Crippen LogP) is -1.46. The third-order valence-electron chi connectivity index (χ3n) is 3.51. The lowest BCUT2D eigenvalue weighted by Gasteiger charge is -2.19. The number of nitrogens with two attached hydrogens (primary N) is 2. The van der Waals surface area contributed by atoms with Crippen molar-refractivity contribution in [1.82, 2.24) is 10.6 Å². The summed E-state index contributed by atoms with van der Waals surface area (Å²) >= 11 is 0. The summed E-state index contributed by atoms with van der Waals surface area (Å²) in [6.07, 6.45) is -0.304. The number of rotatable bonds is 11. The van der Waals surface area contributed by atoms with Crippen molar-refractivity contribution >= 4 is 23.7 Å². The molecule has 0 aromatic carbocycles. The Kier molecular flexibility index (Phi) is 8.12. The lowest BCUT2D eigenvalue weighted by atomic mass is 10.0. The van der Waals surface area contributed by atoms with Gasteiger partial charge in [0.05, 0.1) is 0 Å². The third kappa shape index (κ3) is 7.84. The van der Waals surface area contributed by atoms with Gasteiger partial charge in [-0.2, -0.15) is 0 Å². The fourth-order valence-corrected chi connectivity index (χ4v) is 2.24. The summed E-state index contributed by atoms with van der Waals surface area (Å²) in [4.78, 5) is 38.8. The second-order valence-corrected chi connectivity index (χ2v) is 6.31. The maximum absolute atomic E-state index is 12.3. The van der Waals surface area contributed by atoms with Gasteiger partial charge in [0.1, 0.15) is 6.04 Å². The number of aliphatic carboxylic acids is 1. The number of nitrogens with zero attached hydrogens (tertiary/aromatic N) is 1. The minimum absolute atomic E-state index is 0.0331. The van der Waals surface area contributed by atoms with Crippen LogP contribution in [0.15, 0.2) is 4.99 Å². The summed E-state index contributed by atoms with van der Waals surface area (Å²) in [6.45, 7) is 4.77. The van der Waals surface area contributed by atoms with E-state index in [1.807, 2.05) is 13.8 Å². The molecule has 142 valence electrons. The average molecular weight is 357 g/mol. The van der Waals surface area contributed by atoms with Crippen molar-refractivity contribution in [3.05, 3.63) is 0 Å². The number of aliphatic imine (C=N–C) groups is 1. The lowest BCUT2D eigenvalue weighted by Crippen LogP contribution is -2.49. The van der Waals surface area contributed by atoms with E-state index in [1.165, 1.54) is 0 Å². The topological polar surface area (TPSA) is 172 Å². The number of unbranched alkanes of at least 4 members (excludes halogenated alkanes) is 1. The van der Waals surface area contributed by atoms with E-state index in [1.54, 1.807) is 0 Å². The number of carboxylic acid groups (broad SMARTS) is 1. The van der Waals surface area contributed by atoms with Gasteiger partial charge in [-0.1, -0.05) is 13.8 Å². The first kappa shape index (κ1) is 20.7. The summed E-state index contributed by atoms with van der Waals surface area (Å²) in [5, 5.41) is 14.1. The number of carbonyl (C=O) groups excluding carboxylic acids is 2. The van der Waals surface area contributed by atoms with Crippen LogP contribution in [0.5, 0.6) is 0 Å². The molecule has 0 spiro atoms. The molecule has 1 fully saturated rings. The molecule has 0 radical (unpaired) electrons. The highest BCUT2D eigenvalue weighted by atomic mass is 16.6. The van der Waals surface area contributed by atoms with E-state index < -0.39 is 30.1 Å². The van der Waals surface area contributed by atoms with Gasteiger partial charge in [-0.05, 0) is 25.2 Å². The van der Waals surface area contributed by atoms with Gasteiger partial charge in [0.25, 0.3) is 5.91 Å². The van der Waals surface area contributed by atoms with Crippen LogP contribution >= 0.6 is 0 Å². The van der Waals surface area contributed by atoms with Gasteiger partial charge in [0, 0.05) is 13.1 Å². The Balaban J connectivity index is 2.40. The monoisotopic (exact) mass is 357 g/mol. The molecule has 3 atom stereocenters. The Morgan fingerprint density at radius 3 is 2.40 bits per heavy atom. The van der Waals surface area contributed by atoms with Crippen molar-refractivity contribution in [3.63, 3.8) is 0 Å². The normalized spacial score (nSPS) is 19.8. The van der Waals surface area contributed by atoms with Crippen molar-refractivity contribution in [2.45, 2.75) is 51.4 Å². The fraction of sp³-hybridized carbons (Fsp3) is 0.733. The SMILES string of the molecule is CC(C)C[C@@H](NC(=O)[C@@H]1O[C@H]1C(=O)O)C(=O)NCCCCN=C(N)N. The number of carboxylic acids is 1. The van der Waals surface area contributed by atoms with Crippen molar-refractivity contribution in [2.75, 3.05) is 13.1 Å². The zero-order valence-electron chi connectivity index (χ0n) is 14.5. The smallest absolute Gasteiger partial charge is 0.336 e. The Labute approximate surface area is 146 Å². The molecule has 10 nitrogen and oxygen atoms in total. The average Bonchev–Trinajstić information content (AvgIpc) is 3.29. The van der Waals surface area contributed by atoms with Gasteiger partial charge < -0.3 is 31.9 Å². The first-order valence-electron chi connectivity index (χ1n) is 8.24. The van der Waals surface area contributed by atoms with E-state index in [2.05, 4.69) is 15.6 Å². The Bertz CT molecular complexity index is 518. The molecule has 0 unspecified atom stereocenters. The van der Waals surface area contributed by atoms with Gasteiger partial charge in [-0.15, -0.1) is 0 Å². The molecule has 0 aliphatic carbocycles. The number of ether oxygens (including phenoxy) is 1. The minimum atomic E-state index is -1.19. The third-order valence-corrected chi connectivity index (χ3v) is 3.51. The van der Waals surface area contributed by atoms with Crippen LogP contribution in [0.2, 0.25) is 0 Å². The quantitative estimate of drug-likeness (QED) is 0.130. The lowest BCUT2D eigenvalue weighted by molar-refractivity contribution is -0.138. The van der Waals surface area contributed by atoms with Gasteiger partial charge in [0.2, 0.25) is 5.91 Å². The van der Waals surface area contributed by atoms with Gasteiger partial charge in [0.15, 0.2) is 18.2 Å². The zero-order chi connectivity index (χ0) is 19.0. The van der Waals surface area contributed by atoms with Gasteiger partial charge >= 0.3 is 5.97 Å². The predicted molar refractivity (Wildman–Crippen MR) is 90.6 cm³/mol. The maximum Gasteiger partial charge on any atom is 0.336 e. The van der Waals surface area contributed by atoms with Crippen LogP contribution in [0.3, 0.4) is 0 Å². The molecule has 0 bridgehead atoms. The highest BCUT2D eigenvalue weighted by molar-refractivity contribution is 5.95. The number of hydrogen-bond donors (Lipinski definition) is 5. The Morgan fingerprint density at radius 1 is 1.20 bits per heavy atom. The van der Waals surface area contributed by atoms with E-state index in [4.69, 9.17) is 21.3 Å². The largest absolute Gasteiger partial charge is 0.479 e. The molecule has 1 aliphatic rings. The van der Waals surface area contributed by atoms with Gasteiger partial charge in [-0.3, -0.25) is 14.6 Å². The maximum atomic E-state index is 12.3. The molecular weight excluding hydrogens is 330 g/mol. The highest BCUT2D eigenvalue weighted by Crippen LogP contribution is 2.22. The van der Waals surface area contributed by atoms with Crippen molar-refractivity contribution < 1.29 is 24.2 Å². The minimum Gasteiger partial charge on any atom is -0.479 e. The molecular formula is C15H27N5O5. The van der Waals surface area contributed by atoms with E-state index in [0.29, 0.717) is 25.9 Å². The van der Waals surface area contributed by atoms with Crippen molar-refractivity contribution in [1.29, 1.82) is 0 Å². The molecule has 1 rings (SSSR count). The fourth-order valence-electron chi connectivity index (χ4n) is 2.24. The van der Waals surface area contributed by atoms with E-state index in [-0.39, 0.29) is 17.8 Å². The highest BCUT2D eigenvalue weighted by Gasteiger charge is 2.51. The summed E-state index contributed by atoms with van der Waals surface area (Å²) in [5.74, 6) is -1.87. The molecule has 1 saturated heterocycles. The van der Waals surface area contributed by atoms with E-state index >= 15 is 0 Å². The number of nitrogens with one attached hydrogen (secondary N) is 2. The number of amides is 2. The van der Waals surface area contributed by atoms with Crippen LogP contribution in [0.4, 0.5) is 0 Å². The molecule has 1 heterocycles. The molecule has 7 N–H and O–H groups in total. The Hall–Kier alpha value is -2.36. The first-order chi connectivity index (χ1) is 11.7. The van der Waals surface area contributed by atoms with Crippen LogP contribution in [-0.2, 0) is 19.1 Å². The van der Waals surface area contributed by atoms with Crippen LogP contribution in [0, 0.1) is 5.92 Å². The molecule has 1 aliphatic heterocycles. The molecule has 0 saturated carbocycles. The van der Waals surface area contributed by atoms with Crippen LogP contribution < -0.4 is 22.1 Å². The standard InChI is InChI=1S/C15H27N5O5/c1-8(2)7-9(20-13(22)10-11(25-10)14(23)24)12(21)18-5-3-4-6-19-15(16)17/h8-11H,3-7H2,1-2H3,(H,18,21)(H,20,22)(H,23,24)(H4,16,17,19)/t9-,10-,11-/m1/s1. The van der Waals surface area contributed by atoms with Crippen LogP contribution in [-0.4, -0.2) is 60.2 Å². The molecule has 10 heteroatoms. The summed E-state index contributed by atoms with van der Waals surface area (Å²) in [5.41, 5.74) is 10.4. The van der Waals surface area contributed by atoms with Crippen LogP contribution in [0.1, 0.15) is 33.1 Å². The van der Waals surface area contributed by atoms with Crippen LogP contribution in [0.25, 0.3) is 0 Å². The molecule has 0 aromatic heterocycles. The number of carbonyl (C=O) groups is 3. The number of hydrogen-bond acceptors (Lipinski definition) is 5. The van der Waals surface area contributed by atoms with Crippen molar-refractivity contribution in [3.8, 4) is 0 Å². The van der Waals surface area contributed by atoms with E-state index in [9.17, 15) is 14.4 Å². The zero-order valence-corrected chi connectivity index (χ0v) is 14.5.